The van der Waals surface area contributed by atoms with E-state index < -0.39 is 0 Å². The van der Waals surface area contributed by atoms with Crippen LogP contribution in [0.25, 0.3) is 0 Å². The number of nitrogens with one attached hydrogen (secondary N) is 1. The number of carbonyl (C=O) groups is 1. The molecule has 0 aromatic heterocycles. The molecule has 0 spiro atoms. The van der Waals surface area contributed by atoms with Crippen LogP contribution in [0.15, 0.2) is 4.99 Å². The molecule has 0 aromatic carbocycles. The first-order valence-corrected chi connectivity index (χ1v) is 4.04. The highest BCUT2D eigenvalue weighted by molar-refractivity contribution is 5.83. The Morgan fingerprint density at radius 3 is 2.23 bits per heavy atom. The van der Waals surface area contributed by atoms with E-state index in [1.165, 1.54) is 6.92 Å². The fraction of sp³-hybridized carbons (Fsp3) is 0.625. The second kappa shape index (κ2) is 10.6. The molecule has 0 aromatic rings. The number of guanidine groups is 1. The number of ether oxygens (including phenoxy) is 1. The molecule has 0 fully saturated rings. The Balaban J connectivity index is 0. The van der Waals surface area contributed by atoms with Gasteiger partial charge in [-0.3, -0.25) is 10.2 Å². The fourth-order valence-electron chi connectivity index (χ4n) is 0.393. The molecule has 0 saturated carbocycles. The topological polar surface area (TPSA) is 88.5 Å². The number of hydrogen-bond donors (Lipinski definition) is 2. The average molecular weight is 187 g/mol. The van der Waals surface area contributed by atoms with Crippen molar-refractivity contribution in [2.24, 2.45) is 10.7 Å². The minimum absolute atomic E-state index is 0.123. The van der Waals surface area contributed by atoms with Crippen LogP contribution in [0, 0.1) is 5.41 Å². The van der Waals surface area contributed by atoms with Crippen LogP contribution >= 0.6 is 0 Å². The molecule has 0 aliphatic carbocycles. The summed E-state index contributed by atoms with van der Waals surface area (Å²) in [5.41, 5.74) is 4.86. The first-order valence-electron chi connectivity index (χ1n) is 4.04. The van der Waals surface area contributed by atoms with Gasteiger partial charge in [-0.05, 0) is 13.3 Å². The Morgan fingerprint density at radius 1 is 1.62 bits per heavy atom. The summed E-state index contributed by atoms with van der Waals surface area (Å²) in [4.78, 5) is 13.3. The van der Waals surface area contributed by atoms with Gasteiger partial charge in [-0.2, -0.15) is 0 Å². The molecule has 0 unspecified atom stereocenters. The minimum atomic E-state index is -0.211. The van der Waals surface area contributed by atoms with E-state index >= 15 is 0 Å². The third kappa shape index (κ3) is 25.0. The monoisotopic (exact) mass is 187 g/mol. The van der Waals surface area contributed by atoms with Gasteiger partial charge in [0.2, 0.25) is 5.96 Å². The van der Waals surface area contributed by atoms with E-state index in [9.17, 15) is 4.79 Å². The maximum absolute atomic E-state index is 9.82. The van der Waals surface area contributed by atoms with Gasteiger partial charge in [0, 0.05) is 13.1 Å². The van der Waals surface area contributed by atoms with Gasteiger partial charge in [0.1, 0.15) is 0 Å². The number of aliphatic imine (C=N–C) groups is 1. The van der Waals surface area contributed by atoms with Crippen molar-refractivity contribution in [1.29, 1.82) is 5.41 Å². The predicted molar refractivity (Wildman–Crippen MR) is 53.0 cm³/mol. The predicted octanol–water partition coefficient (Wildman–Crippen LogP) is 0.930. The molecule has 0 radical (unpaired) electrons. The third-order valence-electron chi connectivity index (χ3n) is 0.761. The third-order valence-corrected chi connectivity index (χ3v) is 0.761. The highest BCUT2D eigenvalue weighted by atomic mass is 16.5. The van der Waals surface area contributed by atoms with Gasteiger partial charge in [0.05, 0.1) is 6.61 Å². The van der Waals surface area contributed by atoms with Gasteiger partial charge >= 0.3 is 5.97 Å². The van der Waals surface area contributed by atoms with Crippen LogP contribution in [-0.4, -0.2) is 24.8 Å². The zero-order valence-electron chi connectivity index (χ0n) is 8.33. The van der Waals surface area contributed by atoms with E-state index in [0.29, 0.717) is 6.61 Å². The number of nitrogens with two attached hydrogens (primary N) is 1. The van der Waals surface area contributed by atoms with Crippen molar-refractivity contribution >= 4 is 18.1 Å². The van der Waals surface area contributed by atoms with Crippen LogP contribution in [0.5, 0.6) is 0 Å². The van der Waals surface area contributed by atoms with Crippen molar-refractivity contribution < 1.29 is 9.53 Å². The highest BCUT2D eigenvalue weighted by Crippen LogP contribution is 1.69. The second-order valence-corrected chi connectivity index (χ2v) is 2.03. The Hall–Kier alpha value is -1.39. The Morgan fingerprint density at radius 2 is 2.15 bits per heavy atom. The number of carbonyl (C=O) groups excluding carboxylic acids is 1. The van der Waals surface area contributed by atoms with Crippen LogP contribution in [0.4, 0.5) is 0 Å². The van der Waals surface area contributed by atoms with Crippen LogP contribution in [-0.2, 0) is 9.53 Å². The molecule has 5 nitrogen and oxygen atoms in total. The summed E-state index contributed by atoms with van der Waals surface area (Å²) in [6.45, 7) is 5.59. The molecule has 0 amide bonds. The van der Waals surface area contributed by atoms with Crippen molar-refractivity contribution in [3.05, 3.63) is 0 Å². The SMILES string of the molecule is CCC=NC(=N)N.CCOC(C)=O. The summed E-state index contributed by atoms with van der Waals surface area (Å²) in [7, 11) is 0. The largest absolute Gasteiger partial charge is 0.466 e. The molecular weight excluding hydrogens is 170 g/mol. The summed E-state index contributed by atoms with van der Waals surface area (Å²) in [5.74, 6) is -0.334. The van der Waals surface area contributed by atoms with Crippen LogP contribution < -0.4 is 5.73 Å². The van der Waals surface area contributed by atoms with Gasteiger partial charge < -0.3 is 10.5 Å². The summed E-state index contributed by atoms with van der Waals surface area (Å²) >= 11 is 0. The van der Waals surface area contributed by atoms with Crippen molar-refractivity contribution in [3.63, 3.8) is 0 Å². The van der Waals surface area contributed by atoms with Gasteiger partial charge in [-0.1, -0.05) is 6.92 Å². The smallest absolute Gasteiger partial charge is 0.302 e. The standard InChI is InChI=1S/C4H9N3.C4H8O2/c1-2-3-7-4(5)6;1-3-6-4(2)5/h3H,2H2,1H3,(H3,5,6);3H2,1-2H3. The second-order valence-electron chi connectivity index (χ2n) is 2.03. The first kappa shape index (κ1) is 14.2. The molecule has 0 heterocycles. The molecule has 0 bridgehead atoms. The zero-order chi connectivity index (χ0) is 10.7. The van der Waals surface area contributed by atoms with Crippen molar-refractivity contribution in [1.82, 2.24) is 0 Å². The van der Waals surface area contributed by atoms with E-state index in [4.69, 9.17) is 11.1 Å². The van der Waals surface area contributed by atoms with Crippen LogP contribution in [0.2, 0.25) is 0 Å². The van der Waals surface area contributed by atoms with Gasteiger partial charge in [0.15, 0.2) is 0 Å². The molecule has 13 heavy (non-hydrogen) atoms. The molecule has 0 aliphatic rings. The van der Waals surface area contributed by atoms with Crippen molar-refractivity contribution in [3.8, 4) is 0 Å². The van der Waals surface area contributed by atoms with E-state index in [0.717, 1.165) is 6.42 Å². The molecule has 3 N–H and O–H groups in total. The van der Waals surface area contributed by atoms with E-state index in [2.05, 4.69) is 9.73 Å². The van der Waals surface area contributed by atoms with E-state index in [-0.39, 0.29) is 11.9 Å². The van der Waals surface area contributed by atoms with E-state index in [1.54, 1.807) is 13.1 Å². The molecule has 5 heteroatoms. The number of esters is 1. The maximum atomic E-state index is 9.82. The average Bonchev–Trinajstić information content (AvgIpc) is 2.01. The lowest BCUT2D eigenvalue weighted by Gasteiger charge is -1.89. The number of rotatable bonds is 2. The lowest BCUT2D eigenvalue weighted by Crippen LogP contribution is -2.04. The summed E-state index contributed by atoms with van der Waals surface area (Å²) in [6, 6.07) is 0. The van der Waals surface area contributed by atoms with Crippen LogP contribution in [0.3, 0.4) is 0 Å². The molecule has 0 rings (SSSR count). The van der Waals surface area contributed by atoms with Crippen LogP contribution in [0.1, 0.15) is 27.2 Å². The quantitative estimate of drug-likeness (QED) is 0.383. The van der Waals surface area contributed by atoms with Gasteiger partial charge in [0.25, 0.3) is 0 Å². The normalized spacial score (nSPS) is 8.85. The van der Waals surface area contributed by atoms with Gasteiger partial charge in [-0.25, -0.2) is 4.99 Å². The summed E-state index contributed by atoms with van der Waals surface area (Å²) in [6.07, 6.45) is 2.43. The maximum Gasteiger partial charge on any atom is 0.302 e. The number of hydrogen-bond acceptors (Lipinski definition) is 3. The Labute approximate surface area is 78.5 Å². The van der Waals surface area contributed by atoms with Gasteiger partial charge in [-0.15, -0.1) is 0 Å². The highest BCUT2D eigenvalue weighted by Gasteiger charge is 1.81. The van der Waals surface area contributed by atoms with Crippen molar-refractivity contribution in [2.45, 2.75) is 27.2 Å². The molecule has 0 aliphatic heterocycles. The molecule has 0 atom stereocenters. The lowest BCUT2D eigenvalue weighted by molar-refractivity contribution is -0.140. The fourth-order valence-corrected chi connectivity index (χ4v) is 0.393. The Bertz CT molecular complexity index is 178. The molecular formula is C8H17N3O2. The summed E-state index contributed by atoms with van der Waals surface area (Å²) in [5, 5.41) is 6.58. The first-order chi connectivity index (χ1) is 6.04. The van der Waals surface area contributed by atoms with Crippen molar-refractivity contribution in [2.75, 3.05) is 6.61 Å². The molecule has 76 valence electrons. The van der Waals surface area contributed by atoms with E-state index in [1.807, 2.05) is 6.92 Å². The molecule has 0 saturated heterocycles. The number of nitrogens with zero attached hydrogens (tertiary/aromatic N) is 1. The summed E-state index contributed by atoms with van der Waals surface area (Å²) < 4.78 is 4.40. The Kier molecular flexibility index (Phi) is 11.6. The zero-order valence-corrected chi connectivity index (χ0v) is 8.33. The lowest BCUT2D eigenvalue weighted by atomic mass is 10.5. The minimum Gasteiger partial charge on any atom is -0.466 e.